The molecule has 3 rings (SSSR count). The van der Waals surface area contributed by atoms with Crippen molar-refractivity contribution in [3.05, 3.63) is 30.1 Å². The number of hydrogen-bond acceptors (Lipinski definition) is 4. The number of hydrogen-bond donors (Lipinski definition) is 1. The number of aromatic nitrogens is 4. The van der Waals surface area contributed by atoms with Crippen molar-refractivity contribution in [3.8, 4) is 5.75 Å². The molecule has 0 amide bonds. The maximum absolute atomic E-state index is 10.7. The fourth-order valence-electron chi connectivity index (χ4n) is 2.53. The Kier molecular flexibility index (Phi) is 3.48. The number of aryl methyl sites for hydroxylation is 1. The lowest BCUT2D eigenvalue weighted by Crippen LogP contribution is -2.14. The SMILES string of the molecule is CCCn1ncc(OC)c1C(O)c1cncn1C1CC1. The molecule has 6 heteroatoms. The van der Waals surface area contributed by atoms with Gasteiger partial charge in [-0.2, -0.15) is 5.10 Å². The van der Waals surface area contributed by atoms with Crippen LogP contribution in [-0.4, -0.2) is 31.5 Å². The van der Waals surface area contributed by atoms with Gasteiger partial charge in [0.15, 0.2) is 5.75 Å². The lowest BCUT2D eigenvalue weighted by atomic mass is 10.1. The predicted octanol–water partition coefficient (Wildman–Crippen LogP) is 1.91. The molecular weight excluding hydrogens is 256 g/mol. The molecule has 0 aliphatic heterocycles. The number of aliphatic hydroxyl groups excluding tert-OH is 1. The molecule has 2 heterocycles. The highest BCUT2D eigenvalue weighted by molar-refractivity contribution is 5.32. The first-order valence-electron chi connectivity index (χ1n) is 7.05. The summed E-state index contributed by atoms with van der Waals surface area (Å²) in [5, 5.41) is 15.0. The summed E-state index contributed by atoms with van der Waals surface area (Å²) in [7, 11) is 1.60. The van der Waals surface area contributed by atoms with Crippen molar-refractivity contribution in [1.29, 1.82) is 0 Å². The Hall–Kier alpha value is -1.82. The third kappa shape index (κ3) is 2.20. The second-order valence-electron chi connectivity index (χ2n) is 5.18. The standard InChI is InChI=1S/C14H20N4O2/c1-3-6-18-13(12(20-2)8-16-18)14(19)11-7-15-9-17(11)10-4-5-10/h7-10,14,19H,3-6H2,1-2H3. The van der Waals surface area contributed by atoms with Crippen molar-refractivity contribution in [2.24, 2.45) is 0 Å². The Morgan fingerprint density at radius 2 is 2.25 bits per heavy atom. The van der Waals surface area contributed by atoms with E-state index < -0.39 is 6.10 Å². The third-order valence-electron chi connectivity index (χ3n) is 3.68. The fraction of sp³-hybridized carbons (Fsp3) is 0.571. The molecule has 0 spiro atoms. The van der Waals surface area contributed by atoms with Gasteiger partial charge in [-0.3, -0.25) is 4.68 Å². The average molecular weight is 276 g/mol. The van der Waals surface area contributed by atoms with Crippen LogP contribution in [0.1, 0.15) is 49.7 Å². The molecule has 0 saturated heterocycles. The van der Waals surface area contributed by atoms with Crippen LogP contribution in [0, 0.1) is 0 Å². The molecular formula is C14H20N4O2. The minimum Gasteiger partial charge on any atom is -0.493 e. The van der Waals surface area contributed by atoms with Crippen molar-refractivity contribution >= 4 is 0 Å². The van der Waals surface area contributed by atoms with E-state index in [4.69, 9.17) is 4.74 Å². The van der Waals surface area contributed by atoms with Crippen molar-refractivity contribution in [2.45, 2.75) is 44.9 Å². The maximum atomic E-state index is 10.7. The third-order valence-corrected chi connectivity index (χ3v) is 3.68. The van der Waals surface area contributed by atoms with Crippen LogP contribution in [0.5, 0.6) is 5.75 Å². The van der Waals surface area contributed by atoms with Gasteiger partial charge in [-0.25, -0.2) is 4.98 Å². The molecule has 0 bridgehead atoms. The highest BCUT2D eigenvalue weighted by atomic mass is 16.5. The number of nitrogens with zero attached hydrogens (tertiary/aromatic N) is 4. The molecule has 1 atom stereocenters. The van der Waals surface area contributed by atoms with E-state index in [2.05, 4.69) is 21.6 Å². The molecule has 1 aliphatic rings. The summed E-state index contributed by atoms with van der Waals surface area (Å²) in [6.45, 7) is 2.84. The van der Waals surface area contributed by atoms with Crippen LogP contribution in [0.3, 0.4) is 0 Å². The highest BCUT2D eigenvalue weighted by Gasteiger charge is 2.30. The Labute approximate surface area is 118 Å². The van der Waals surface area contributed by atoms with Crippen LogP contribution >= 0.6 is 0 Å². The van der Waals surface area contributed by atoms with Gasteiger partial charge in [-0.1, -0.05) is 6.92 Å². The first kappa shape index (κ1) is 13.2. The molecule has 1 aliphatic carbocycles. The van der Waals surface area contributed by atoms with Crippen LogP contribution in [0.15, 0.2) is 18.7 Å². The summed E-state index contributed by atoms with van der Waals surface area (Å²) in [6, 6.07) is 0.482. The molecule has 1 fully saturated rings. The quantitative estimate of drug-likeness (QED) is 0.875. The lowest BCUT2D eigenvalue weighted by molar-refractivity contribution is 0.192. The molecule has 2 aromatic rings. The average Bonchev–Trinajstić information content (AvgIpc) is 3.03. The maximum Gasteiger partial charge on any atom is 0.163 e. The minimum absolute atomic E-state index is 0.482. The number of rotatable bonds is 6. The van der Waals surface area contributed by atoms with Gasteiger partial charge in [0.05, 0.1) is 31.5 Å². The van der Waals surface area contributed by atoms with E-state index >= 15 is 0 Å². The van der Waals surface area contributed by atoms with E-state index in [9.17, 15) is 5.11 Å². The van der Waals surface area contributed by atoms with Crippen molar-refractivity contribution in [2.75, 3.05) is 7.11 Å². The van der Waals surface area contributed by atoms with Crippen molar-refractivity contribution < 1.29 is 9.84 Å². The molecule has 1 saturated carbocycles. The van der Waals surface area contributed by atoms with Crippen molar-refractivity contribution in [3.63, 3.8) is 0 Å². The van der Waals surface area contributed by atoms with Gasteiger partial charge in [-0.05, 0) is 19.3 Å². The van der Waals surface area contributed by atoms with E-state index in [0.717, 1.165) is 31.5 Å². The Bertz CT molecular complexity index is 586. The summed E-state index contributed by atoms with van der Waals surface area (Å²) in [6.07, 6.45) is 7.68. The number of imidazole rings is 1. The second-order valence-corrected chi connectivity index (χ2v) is 5.18. The zero-order valence-electron chi connectivity index (χ0n) is 11.9. The van der Waals surface area contributed by atoms with Crippen LogP contribution in [-0.2, 0) is 6.54 Å². The van der Waals surface area contributed by atoms with E-state index in [1.807, 2.05) is 4.68 Å². The van der Waals surface area contributed by atoms with Gasteiger partial charge in [0.1, 0.15) is 11.8 Å². The summed E-state index contributed by atoms with van der Waals surface area (Å²) in [5.74, 6) is 0.620. The van der Waals surface area contributed by atoms with Gasteiger partial charge in [0, 0.05) is 12.6 Å². The van der Waals surface area contributed by atoms with Crippen LogP contribution in [0.4, 0.5) is 0 Å². The topological polar surface area (TPSA) is 65.1 Å². The van der Waals surface area contributed by atoms with Gasteiger partial charge >= 0.3 is 0 Å². The molecule has 6 nitrogen and oxygen atoms in total. The smallest absolute Gasteiger partial charge is 0.163 e. The largest absolute Gasteiger partial charge is 0.493 e. The van der Waals surface area contributed by atoms with Gasteiger partial charge in [0.25, 0.3) is 0 Å². The highest BCUT2D eigenvalue weighted by Crippen LogP contribution is 2.39. The van der Waals surface area contributed by atoms with E-state index in [-0.39, 0.29) is 0 Å². The molecule has 108 valence electrons. The molecule has 0 aromatic carbocycles. The summed E-state index contributed by atoms with van der Waals surface area (Å²) in [5.41, 5.74) is 1.51. The first-order chi connectivity index (χ1) is 9.76. The minimum atomic E-state index is -0.762. The molecule has 1 N–H and O–H groups in total. The van der Waals surface area contributed by atoms with Gasteiger partial charge in [0.2, 0.25) is 0 Å². The van der Waals surface area contributed by atoms with Crippen LogP contribution in [0.2, 0.25) is 0 Å². The van der Waals surface area contributed by atoms with Gasteiger partial charge < -0.3 is 14.4 Å². The molecule has 1 unspecified atom stereocenters. The van der Waals surface area contributed by atoms with Crippen LogP contribution < -0.4 is 4.74 Å². The van der Waals surface area contributed by atoms with E-state index in [0.29, 0.717) is 17.5 Å². The second kappa shape index (κ2) is 5.28. The summed E-state index contributed by atoms with van der Waals surface area (Å²) < 4.78 is 9.21. The van der Waals surface area contributed by atoms with E-state index in [1.165, 1.54) is 0 Å². The fourth-order valence-corrected chi connectivity index (χ4v) is 2.53. The van der Waals surface area contributed by atoms with Crippen LogP contribution in [0.25, 0.3) is 0 Å². The first-order valence-corrected chi connectivity index (χ1v) is 7.05. The van der Waals surface area contributed by atoms with Crippen molar-refractivity contribution in [1.82, 2.24) is 19.3 Å². The summed E-state index contributed by atoms with van der Waals surface area (Å²) in [4.78, 5) is 4.18. The normalized spacial score (nSPS) is 16.4. The monoisotopic (exact) mass is 276 g/mol. The zero-order chi connectivity index (χ0) is 14.1. The zero-order valence-corrected chi connectivity index (χ0v) is 11.9. The molecule has 20 heavy (non-hydrogen) atoms. The Balaban J connectivity index is 1.98. The van der Waals surface area contributed by atoms with E-state index in [1.54, 1.807) is 25.8 Å². The summed E-state index contributed by atoms with van der Waals surface area (Å²) >= 11 is 0. The Morgan fingerprint density at radius 1 is 1.45 bits per heavy atom. The number of aliphatic hydroxyl groups is 1. The molecule has 2 aromatic heterocycles. The number of methoxy groups -OCH3 is 1. The van der Waals surface area contributed by atoms with Gasteiger partial charge in [-0.15, -0.1) is 0 Å². The Morgan fingerprint density at radius 3 is 2.90 bits per heavy atom. The lowest BCUT2D eigenvalue weighted by Gasteiger charge is -2.16. The molecule has 0 radical (unpaired) electrons. The predicted molar refractivity (Wildman–Crippen MR) is 73.6 cm³/mol. The number of ether oxygens (including phenoxy) is 1.